The van der Waals surface area contributed by atoms with E-state index in [1.165, 1.54) is 0 Å². The van der Waals surface area contributed by atoms with Gasteiger partial charge in [-0.1, -0.05) is 37.3 Å². The molecular formula is C17H25NO3. The van der Waals surface area contributed by atoms with E-state index in [0.29, 0.717) is 13.2 Å². The van der Waals surface area contributed by atoms with Gasteiger partial charge in [-0.25, -0.2) is 0 Å². The Balaban J connectivity index is 1.86. The largest absolute Gasteiger partial charge is 0.459 e. The lowest BCUT2D eigenvalue weighted by molar-refractivity contribution is -0.158. The normalized spacial score (nSPS) is 25.8. The molecule has 4 heteroatoms. The van der Waals surface area contributed by atoms with Crippen LogP contribution in [0.2, 0.25) is 0 Å². The van der Waals surface area contributed by atoms with Gasteiger partial charge in [-0.2, -0.15) is 0 Å². The average molecular weight is 291 g/mol. The van der Waals surface area contributed by atoms with E-state index in [9.17, 15) is 4.79 Å². The van der Waals surface area contributed by atoms with Gasteiger partial charge in [0, 0.05) is 12.5 Å². The van der Waals surface area contributed by atoms with Gasteiger partial charge in [-0.05, 0) is 26.3 Å². The monoisotopic (exact) mass is 291 g/mol. The molecule has 116 valence electrons. The van der Waals surface area contributed by atoms with E-state index >= 15 is 0 Å². The van der Waals surface area contributed by atoms with Crippen molar-refractivity contribution in [3.05, 3.63) is 35.9 Å². The Hall–Kier alpha value is -1.39. The molecule has 0 aliphatic carbocycles. The molecule has 0 saturated carbocycles. The van der Waals surface area contributed by atoms with Gasteiger partial charge >= 0.3 is 5.97 Å². The first-order chi connectivity index (χ1) is 9.87. The van der Waals surface area contributed by atoms with E-state index in [0.717, 1.165) is 5.56 Å². The third-order valence-electron chi connectivity index (χ3n) is 3.62. The van der Waals surface area contributed by atoms with Gasteiger partial charge in [0.25, 0.3) is 0 Å². The summed E-state index contributed by atoms with van der Waals surface area (Å²) in [5.41, 5.74) is 0.687. The fourth-order valence-electron chi connectivity index (χ4n) is 2.48. The quantitative estimate of drug-likeness (QED) is 0.866. The fourth-order valence-corrected chi connectivity index (χ4v) is 2.48. The Labute approximate surface area is 126 Å². The lowest BCUT2D eigenvalue weighted by Gasteiger charge is -2.24. The average Bonchev–Trinajstić information content (AvgIpc) is 2.77. The maximum absolute atomic E-state index is 12.2. The zero-order valence-electron chi connectivity index (χ0n) is 13.3. The number of carbonyl (C=O) groups is 1. The second-order valence-corrected chi connectivity index (χ2v) is 6.61. The molecule has 0 amide bonds. The molecule has 2 rings (SSSR count). The van der Waals surface area contributed by atoms with Crippen molar-refractivity contribution in [2.45, 2.75) is 52.0 Å². The predicted octanol–water partition coefficient (Wildman–Crippen LogP) is 2.52. The number of hydrogen-bond acceptors (Lipinski definition) is 4. The van der Waals surface area contributed by atoms with Crippen LogP contribution in [0.25, 0.3) is 0 Å². The van der Waals surface area contributed by atoms with Crippen molar-refractivity contribution in [2.24, 2.45) is 5.92 Å². The Morgan fingerprint density at radius 1 is 1.29 bits per heavy atom. The summed E-state index contributed by atoms with van der Waals surface area (Å²) in [7, 11) is 0. The van der Waals surface area contributed by atoms with Crippen LogP contribution in [0.15, 0.2) is 30.3 Å². The van der Waals surface area contributed by atoms with Gasteiger partial charge in [0.1, 0.15) is 11.6 Å². The summed E-state index contributed by atoms with van der Waals surface area (Å²) in [6.45, 7) is 8.93. The van der Waals surface area contributed by atoms with Crippen LogP contribution in [-0.2, 0) is 20.9 Å². The van der Waals surface area contributed by atoms with Gasteiger partial charge < -0.3 is 14.8 Å². The molecular weight excluding hydrogens is 266 g/mol. The van der Waals surface area contributed by atoms with E-state index < -0.39 is 5.60 Å². The molecule has 1 N–H and O–H groups in total. The zero-order chi connectivity index (χ0) is 15.5. The number of rotatable bonds is 4. The van der Waals surface area contributed by atoms with Gasteiger partial charge in [0.2, 0.25) is 0 Å². The molecule has 3 unspecified atom stereocenters. The molecule has 1 aromatic rings. The van der Waals surface area contributed by atoms with E-state index in [4.69, 9.17) is 9.47 Å². The minimum Gasteiger partial charge on any atom is -0.459 e. The zero-order valence-corrected chi connectivity index (χ0v) is 13.3. The molecule has 0 spiro atoms. The minimum absolute atomic E-state index is 0.0303. The highest BCUT2D eigenvalue weighted by molar-refractivity contribution is 5.77. The van der Waals surface area contributed by atoms with Crippen molar-refractivity contribution in [3.63, 3.8) is 0 Å². The van der Waals surface area contributed by atoms with E-state index in [1.54, 1.807) is 0 Å². The van der Waals surface area contributed by atoms with Crippen LogP contribution in [0.5, 0.6) is 0 Å². The smallest absolute Gasteiger partial charge is 0.324 e. The van der Waals surface area contributed by atoms with Crippen molar-refractivity contribution in [1.29, 1.82) is 0 Å². The summed E-state index contributed by atoms with van der Waals surface area (Å²) in [6.07, 6.45) is 0.0303. The molecule has 0 aromatic heterocycles. The molecule has 0 radical (unpaired) electrons. The molecule has 21 heavy (non-hydrogen) atoms. The van der Waals surface area contributed by atoms with Crippen molar-refractivity contribution in [1.82, 2.24) is 5.32 Å². The summed E-state index contributed by atoms with van der Waals surface area (Å²) in [4.78, 5) is 12.2. The SMILES string of the molecule is CC1C(OCc2ccccc2)CNC1C(=O)OC(C)(C)C. The van der Waals surface area contributed by atoms with Gasteiger partial charge in [-0.15, -0.1) is 0 Å². The molecule has 1 aromatic carbocycles. The molecule has 3 atom stereocenters. The number of nitrogens with one attached hydrogen (secondary N) is 1. The molecule has 1 saturated heterocycles. The third kappa shape index (κ3) is 4.55. The fraction of sp³-hybridized carbons (Fsp3) is 0.588. The summed E-state index contributed by atoms with van der Waals surface area (Å²) < 4.78 is 11.4. The highest BCUT2D eigenvalue weighted by atomic mass is 16.6. The number of hydrogen-bond donors (Lipinski definition) is 1. The summed E-state index contributed by atoms with van der Waals surface area (Å²) >= 11 is 0. The van der Waals surface area contributed by atoms with Crippen LogP contribution >= 0.6 is 0 Å². The summed E-state index contributed by atoms with van der Waals surface area (Å²) in [6, 6.07) is 9.78. The molecule has 0 bridgehead atoms. The van der Waals surface area contributed by atoms with Crippen molar-refractivity contribution in [3.8, 4) is 0 Å². The third-order valence-corrected chi connectivity index (χ3v) is 3.62. The van der Waals surface area contributed by atoms with Gasteiger partial charge in [0.15, 0.2) is 0 Å². The molecule has 1 aliphatic heterocycles. The summed E-state index contributed by atoms with van der Waals surface area (Å²) in [5, 5.41) is 3.22. The lowest BCUT2D eigenvalue weighted by atomic mass is 10.0. The van der Waals surface area contributed by atoms with Crippen LogP contribution in [-0.4, -0.2) is 30.3 Å². The lowest BCUT2D eigenvalue weighted by Crippen LogP contribution is -2.40. The van der Waals surface area contributed by atoms with E-state index in [2.05, 4.69) is 5.32 Å². The standard InChI is InChI=1S/C17H25NO3/c1-12-14(20-11-13-8-6-5-7-9-13)10-18-15(12)16(19)21-17(2,3)4/h5-9,12,14-15,18H,10-11H2,1-4H3. The first kappa shape index (κ1) is 16.0. The Morgan fingerprint density at radius 3 is 2.57 bits per heavy atom. The van der Waals surface area contributed by atoms with Crippen LogP contribution in [0.4, 0.5) is 0 Å². The Kier molecular flexibility index (Phi) is 5.01. The molecule has 1 heterocycles. The van der Waals surface area contributed by atoms with Crippen molar-refractivity contribution < 1.29 is 14.3 Å². The first-order valence-corrected chi connectivity index (χ1v) is 7.48. The van der Waals surface area contributed by atoms with E-state index in [-0.39, 0.29) is 24.0 Å². The highest BCUT2D eigenvalue weighted by Gasteiger charge is 2.39. The van der Waals surface area contributed by atoms with Crippen LogP contribution in [0.3, 0.4) is 0 Å². The Bertz CT molecular complexity index is 467. The van der Waals surface area contributed by atoms with E-state index in [1.807, 2.05) is 58.0 Å². The highest BCUT2D eigenvalue weighted by Crippen LogP contribution is 2.22. The Morgan fingerprint density at radius 2 is 1.95 bits per heavy atom. The number of benzene rings is 1. The number of carbonyl (C=O) groups excluding carboxylic acids is 1. The number of ether oxygens (including phenoxy) is 2. The van der Waals surface area contributed by atoms with Gasteiger partial charge in [-0.3, -0.25) is 4.79 Å². The maximum atomic E-state index is 12.2. The van der Waals surface area contributed by atoms with Gasteiger partial charge in [0.05, 0.1) is 12.7 Å². The second kappa shape index (κ2) is 6.58. The minimum atomic E-state index is -0.457. The van der Waals surface area contributed by atoms with Crippen molar-refractivity contribution >= 4 is 5.97 Å². The van der Waals surface area contributed by atoms with Crippen LogP contribution in [0.1, 0.15) is 33.3 Å². The topological polar surface area (TPSA) is 47.6 Å². The number of esters is 1. The summed E-state index contributed by atoms with van der Waals surface area (Å²) in [5.74, 6) is -0.0932. The van der Waals surface area contributed by atoms with Crippen LogP contribution in [0, 0.1) is 5.92 Å². The molecule has 4 nitrogen and oxygen atoms in total. The first-order valence-electron chi connectivity index (χ1n) is 7.48. The maximum Gasteiger partial charge on any atom is 0.324 e. The van der Waals surface area contributed by atoms with Crippen LogP contribution < -0.4 is 5.32 Å². The molecule has 1 aliphatic rings. The predicted molar refractivity (Wildman–Crippen MR) is 81.8 cm³/mol. The van der Waals surface area contributed by atoms with Crippen molar-refractivity contribution in [2.75, 3.05) is 6.54 Å². The molecule has 1 fully saturated rings. The second-order valence-electron chi connectivity index (χ2n) is 6.61.